The van der Waals surface area contributed by atoms with Crippen LogP contribution >= 0.6 is 0 Å². The smallest absolute Gasteiger partial charge is 0.315 e. The number of amides is 4. The van der Waals surface area contributed by atoms with E-state index in [-0.39, 0.29) is 42.0 Å². The molecule has 3 fully saturated rings. The summed E-state index contributed by atoms with van der Waals surface area (Å²) in [5.74, 6) is 1.06. The first-order valence-electron chi connectivity index (χ1n) is 13.2. The average Bonchev–Trinajstić information content (AvgIpc) is 3.40. The van der Waals surface area contributed by atoms with Gasteiger partial charge < -0.3 is 25.2 Å². The Kier molecular flexibility index (Phi) is 8.19. The molecule has 35 heavy (non-hydrogen) atoms. The van der Waals surface area contributed by atoms with Crippen molar-refractivity contribution in [3.05, 3.63) is 29.8 Å². The predicted molar refractivity (Wildman–Crippen MR) is 134 cm³/mol. The Balaban J connectivity index is 1.12. The summed E-state index contributed by atoms with van der Waals surface area (Å²) in [5, 5.41) is 5.83. The van der Waals surface area contributed by atoms with E-state index in [0.29, 0.717) is 6.42 Å². The van der Waals surface area contributed by atoms with Crippen LogP contribution in [0.15, 0.2) is 24.3 Å². The molecule has 2 unspecified atom stereocenters. The number of hydrogen-bond donors (Lipinski definition) is 2. The van der Waals surface area contributed by atoms with Gasteiger partial charge in [0.1, 0.15) is 5.75 Å². The van der Waals surface area contributed by atoms with Gasteiger partial charge in [-0.1, -0.05) is 31.0 Å². The van der Waals surface area contributed by atoms with Gasteiger partial charge in [0.25, 0.3) is 5.91 Å². The number of likely N-dealkylation sites (tertiary alicyclic amines) is 2. The lowest BCUT2D eigenvalue weighted by atomic mass is 9.78. The molecule has 3 aliphatic heterocycles. The number of rotatable bonds is 9. The number of nitrogens with zero attached hydrogens (tertiary/aromatic N) is 2. The maximum Gasteiger partial charge on any atom is 0.315 e. The predicted octanol–water partition coefficient (Wildman–Crippen LogP) is 3.24. The number of nitrogens with one attached hydrogen (secondary N) is 2. The monoisotopic (exact) mass is 484 g/mol. The summed E-state index contributed by atoms with van der Waals surface area (Å²) in [7, 11) is 0. The number of para-hydroxylation sites is 1. The van der Waals surface area contributed by atoms with E-state index in [1.807, 2.05) is 47.9 Å². The summed E-state index contributed by atoms with van der Waals surface area (Å²) in [5.41, 5.74) is 1.19. The molecule has 0 aromatic heterocycles. The lowest BCUT2D eigenvalue weighted by Crippen LogP contribution is -2.46. The summed E-state index contributed by atoms with van der Waals surface area (Å²) in [6.45, 7) is 7.21. The van der Waals surface area contributed by atoms with Crippen molar-refractivity contribution in [1.82, 2.24) is 20.4 Å². The van der Waals surface area contributed by atoms with E-state index in [0.717, 1.165) is 82.4 Å². The van der Waals surface area contributed by atoms with Crippen molar-refractivity contribution in [3.8, 4) is 5.75 Å². The lowest BCUT2D eigenvalue weighted by molar-refractivity contribution is -0.136. The number of aryl methyl sites for hydroxylation is 1. The molecule has 0 saturated carbocycles. The van der Waals surface area contributed by atoms with Crippen LogP contribution in [-0.2, 0) is 9.59 Å². The molecule has 3 heterocycles. The van der Waals surface area contributed by atoms with Gasteiger partial charge in [0.2, 0.25) is 5.91 Å². The first kappa shape index (κ1) is 25.3. The minimum Gasteiger partial charge on any atom is -0.484 e. The highest BCUT2D eigenvalue weighted by molar-refractivity contribution is 5.78. The van der Waals surface area contributed by atoms with Crippen LogP contribution < -0.4 is 15.4 Å². The van der Waals surface area contributed by atoms with Gasteiger partial charge in [-0.2, -0.15) is 0 Å². The highest BCUT2D eigenvalue weighted by atomic mass is 16.5. The number of carbonyl (C=O) groups excluding carboxylic acids is 3. The Labute approximate surface area is 208 Å². The zero-order valence-electron chi connectivity index (χ0n) is 21.2. The Morgan fingerprint density at radius 2 is 1.71 bits per heavy atom. The Morgan fingerprint density at radius 1 is 1.00 bits per heavy atom. The molecule has 1 aromatic rings. The SMILES string of the molecule is Cc1ccccc1OCC(=O)N1CCC2(CC1)CCN(C(=O)CCCCCC1NC(=O)NC1C)C2. The van der Waals surface area contributed by atoms with E-state index in [1.54, 1.807) is 0 Å². The Hall–Kier alpha value is -2.77. The summed E-state index contributed by atoms with van der Waals surface area (Å²) < 4.78 is 5.75. The van der Waals surface area contributed by atoms with Crippen molar-refractivity contribution in [2.45, 2.75) is 77.3 Å². The standard InChI is InChI=1S/C27H40N4O4/c1-20-8-6-7-10-23(20)35-18-25(33)30-15-12-27(13-16-30)14-17-31(19-27)24(32)11-5-3-4-9-22-21(2)28-26(34)29-22/h6-8,10,21-22H,3-5,9,11-19H2,1-2H3,(H2,28,29,34). The van der Waals surface area contributed by atoms with Crippen LogP contribution in [0.3, 0.4) is 0 Å². The van der Waals surface area contributed by atoms with Gasteiger partial charge >= 0.3 is 6.03 Å². The molecule has 4 rings (SSSR count). The first-order chi connectivity index (χ1) is 16.8. The van der Waals surface area contributed by atoms with Crippen molar-refractivity contribution < 1.29 is 19.1 Å². The molecule has 3 saturated heterocycles. The largest absolute Gasteiger partial charge is 0.484 e. The number of unbranched alkanes of at least 4 members (excludes halogenated alkanes) is 2. The van der Waals surface area contributed by atoms with E-state index < -0.39 is 0 Å². The summed E-state index contributed by atoms with van der Waals surface area (Å²) in [4.78, 5) is 40.8. The maximum absolute atomic E-state index is 12.8. The zero-order chi connectivity index (χ0) is 24.8. The van der Waals surface area contributed by atoms with Crippen LogP contribution in [0.5, 0.6) is 5.75 Å². The molecule has 0 bridgehead atoms. The van der Waals surface area contributed by atoms with Crippen LogP contribution in [0.25, 0.3) is 0 Å². The minimum absolute atomic E-state index is 0.0383. The third-order valence-corrected chi connectivity index (χ3v) is 8.10. The molecule has 8 nitrogen and oxygen atoms in total. The van der Waals surface area contributed by atoms with E-state index >= 15 is 0 Å². The average molecular weight is 485 g/mol. The number of urea groups is 1. The molecule has 8 heteroatoms. The molecule has 2 atom stereocenters. The van der Waals surface area contributed by atoms with Gasteiger partial charge in [0.15, 0.2) is 6.61 Å². The normalized spacial score (nSPS) is 23.3. The van der Waals surface area contributed by atoms with Gasteiger partial charge in [0, 0.05) is 38.6 Å². The maximum atomic E-state index is 12.8. The van der Waals surface area contributed by atoms with Crippen molar-refractivity contribution in [1.29, 1.82) is 0 Å². The molecule has 192 valence electrons. The van der Waals surface area contributed by atoms with Gasteiger partial charge in [-0.15, -0.1) is 0 Å². The highest BCUT2D eigenvalue weighted by Gasteiger charge is 2.42. The molecule has 0 radical (unpaired) electrons. The van der Waals surface area contributed by atoms with Crippen molar-refractivity contribution in [2.75, 3.05) is 32.8 Å². The molecular formula is C27H40N4O4. The van der Waals surface area contributed by atoms with Gasteiger partial charge in [-0.25, -0.2) is 4.79 Å². The van der Waals surface area contributed by atoms with Crippen molar-refractivity contribution in [3.63, 3.8) is 0 Å². The molecule has 2 N–H and O–H groups in total. The van der Waals surface area contributed by atoms with Gasteiger partial charge in [-0.05, 0) is 63.0 Å². The molecule has 1 spiro atoms. The number of hydrogen-bond acceptors (Lipinski definition) is 4. The fourth-order valence-corrected chi connectivity index (χ4v) is 5.68. The minimum atomic E-state index is -0.0774. The second kappa shape index (κ2) is 11.3. The van der Waals surface area contributed by atoms with Crippen LogP contribution in [0.1, 0.15) is 63.9 Å². The third kappa shape index (κ3) is 6.47. The quantitative estimate of drug-likeness (QED) is 0.527. The number of carbonyl (C=O) groups is 3. The number of piperidine rings is 1. The molecule has 0 aliphatic carbocycles. The first-order valence-corrected chi connectivity index (χ1v) is 13.2. The van der Waals surface area contributed by atoms with E-state index in [4.69, 9.17) is 4.74 Å². The number of ether oxygens (including phenoxy) is 1. The Bertz CT molecular complexity index is 912. The van der Waals surface area contributed by atoms with E-state index in [1.165, 1.54) is 0 Å². The molecule has 1 aromatic carbocycles. The second-order valence-electron chi connectivity index (χ2n) is 10.6. The lowest BCUT2D eigenvalue weighted by Gasteiger charge is -2.39. The fraction of sp³-hybridized carbons (Fsp3) is 0.667. The van der Waals surface area contributed by atoms with Gasteiger partial charge in [-0.3, -0.25) is 9.59 Å². The fourth-order valence-electron chi connectivity index (χ4n) is 5.68. The summed E-state index contributed by atoms with van der Waals surface area (Å²) >= 11 is 0. The van der Waals surface area contributed by atoms with Crippen molar-refractivity contribution >= 4 is 17.8 Å². The highest BCUT2D eigenvalue weighted by Crippen LogP contribution is 2.40. The van der Waals surface area contributed by atoms with E-state index in [9.17, 15) is 14.4 Å². The van der Waals surface area contributed by atoms with Crippen LogP contribution in [0.2, 0.25) is 0 Å². The van der Waals surface area contributed by atoms with Crippen LogP contribution in [-0.4, -0.2) is 72.5 Å². The van der Waals surface area contributed by atoms with Crippen LogP contribution in [0, 0.1) is 12.3 Å². The van der Waals surface area contributed by atoms with Gasteiger partial charge in [0.05, 0.1) is 6.04 Å². The summed E-state index contributed by atoms with van der Waals surface area (Å²) in [6, 6.07) is 8.04. The van der Waals surface area contributed by atoms with Crippen molar-refractivity contribution in [2.24, 2.45) is 5.41 Å². The molecular weight excluding hydrogens is 444 g/mol. The zero-order valence-corrected chi connectivity index (χ0v) is 21.2. The number of benzene rings is 1. The summed E-state index contributed by atoms with van der Waals surface area (Å²) in [6.07, 6.45) is 7.41. The topological polar surface area (TPSA) is 91.0 Å². The second-order valence-corrected chi connectivity index (χ2v) is 10.6. The molecule has 3 aliphatic rings. The van der Waals surface area contributed by atoms with E-state index in [2.05, 4.69) is 10.6 Å². The Morgan fingerprint density at radius 3 is 2.40 bits per heavy atom. The third-order valence-electron chi connectivity index (χ3n) is 8.10. The molecule has 4 amide bonds. The van der Waals surface area contributed by atoms with Crippen LogP contribution in [0.4, 0.5) is 4.79 Å².